The number of pyridine rings is 1. The fraction of sp³-hybridized carbons (Fsp3) is 0.500. The molecule has 8 nitrogen and oxygen atoms in total. The highest BCUT2D eigenvalue weighted by Crippen LogP contribution is 2.37. The maximum atomic E-state index is 13.0. The molecule has 0 aliphatic carbocycles. The normalized spacial score (nSPS) is 18.6. The largest absolute Gasteiger partial charge is 0.496 e. The van der Waals surface area contributed by atoms with Crippen LogP contribution in [0.1, 0.15) is 70.1 Å². The van der Waals surface area contributed by atoms with Crippen LogP contribution >= 0.6 is 11.6 Å². The molecule has 192 valence electrons. The fourth-order valence-corrected chi connectivity index (χ4v) is 4.29. The fourth-order valence-electron chi connectivity index (χ4n) is 4.03. The van der Waals surface area contributed by atoms with E-state index in [0.717, 1.165) is 11.1 Å². The minimum atomic E-state index is -0.644. The molecule has 0 saturated carbocycles. The van der Waals surface area contributed by atoms with Crippen LogP contribution in [0.3, 0.4) is 0 Å². The zero-order chi connectivity index (χ0) is 26.5. The van der Waals surface area contributed by atoms with Crippen LogP contribution < -0.4 is 10.8 Å². The van der Waals surface area contributed by atoms with Crippen LogP contribution in [0.25, 0.3) is 0 Å². The standard InChI is InChI=1S/C26H33BClN3O5/c1-24(2,3)34-23(33)31-12-11-16-13-20(29-14-17(16)15-31)22(32)30-19-10-8-9-18(21(19)28)27-35-25(4,5)26(6,7)36-27/h8-10,13-14H,11-12,15H2,1-7H3,(H,30,32). The maximum Gasteiger partial charge on any atom is 0.496 e. The number of benzene rings is 1. The first-order valence-corrected chi connectivity index (χ1v) is 12.5. The van der Waals surface area contributed by atoms with Gasteiger partial charge in [0.05, 0.1) is 28.5 Å². The number of rotatable bonds is 3. The van der Waals surface area contributed by atoms with E-state index in [9.17, 15) is 9.59 Å². The number of fused-ring (bicyclic) bond motifs is 1. The summed E-state index contributed by atoms with van der Waals surface area (Å²) in [5, 5.41) is 3.22. The van der Waals surface area contributed by atoms with Crippen molar-refractivity contribution in [2.75, 3.05) is 11.9 Å². The van der Waals surface area contributed by atoms with E-state index in [4.69, 9.17) is 25.6 Å². The quantitative estimate of drug-likeness (QED) is 0.604. The number of halogens is 1. The van der Waals surface area contributed by atoms with E-state index in [-0.39, 0.29) is 17.7 Å². The van der Waals surface area contributed by atoms with Gasteiger partial charge < -0.3 is 24.3 Å². The van der Waals surface area contributed by atoms with Crippen LogP contribution in [0.5, 0.6) is 0 Å². The number of hydrogen-bond acceptors (Lipinski definition) is 6. The molecule has 2 aliphatic heterocycles. The molecule has 0 atom stereocenters. The summed E-state index contributed by atoms with van der Waals surface area (Å²) in [5.41, 5.74) is 1.67. The Hall–Kier alpha value is -2.62. The van der Waals surface area contributed by atoms with Crippen molar-refractivity contribution in [3.63, 3.8) is 0 Å². The number of nitrogens with zero attached hydrogens (tertiary/aromatic N) is 2. The molecule has 0 radical (unpaired) electrons. The topological polar surface area (TPSA) is 90.0 Å². The number of amides is 2. The lowest BCUT2D eigenvalue weighted by Gasteiger charge is -2.32. The number of aromatic nitrogens is 1. The van der Waals surface area contributed by atoms with Gasteiger partial charge in [0.25, 0.3) is 5.91 Å². The van der Waals surface area contributed by atoms with E-state index in [2.05, 4.69) is 10.3 Å². The smallest absolute Gasteiger partial charge is 0.444 e. The Kier molecular flexibility index (Phi) is 6.88. The third-order valence-electron chi connectivity index (χ3n) is 6.76. The Balaban J connectivity index is 1.47. The Labute approximate surface area is 217 Å². The number of ether oxygens (including phenoxy) is 1. The molecule has 0 bridgehead atoms. The molecule has 1 saturated heterocycles. The average Bonchev–Trinajstić information content (AvgIpc) is 2.99. The molecule has 10 heteroatoms. The highest BCUT2D eigenvalue weighted by atomic mass is 35.5. The Morgan fingerprint density at radius 2 is 1.81 bits per heavy atom. The van der Waals surface area contributed by atoms with Crippen molar-refractivity contribution in [2.45, 2.75) is 78.2 Å². The maximum absolute atomic E-state index is 13.0. The molecule has 2 aromatic rings. The molecule has 3 heterocycles. The Morgan fingerprint density at radius 1 is 1.14 bits per heavy atom. The first-order chi connectivity index (χ1) is 16.7. The molecule has 1 fully saturated rings. The summed E-state index contributed by atoms with van der Waals surface area (Å²) in [6, 6.07) is 7.12. The number of hydrogen-bond donors (Lipinski definition) is 1. The molecule has 2 amide bonds. The predicted octanol–water partition coefficient (Wildman–Crippen LogP) is 4.58. The van der Waals surface area contributed by atoms with Crippen LogP contribution in [-0.2, 0) is 27.0 Å². The van der Waals surface area contributed by atoms with E-state index >= 15 is 0 Å². The Morgan fingerprint density at radius 3 is 2.44 bits per heavy atom. The van der Waals surface area contributed by atoms with Gasteiger partial charge in [-0.05, 0) is 78.1 Å². The van der Waals surface area contributed by atoms with Gasteiger partial charge in [0.15, 0.2) is 0 Å². The highest BCUT2D eigenvalue weighted by molar-refractivity contribution is 6.66. The summed E-state index contributed by atoms with van der Waals surface area (Å²) in [7, 11) is -0.644. The Bertz CT molecular complexity index is 1180. The molecule has 0 unspecified atom stereocenters. The third-order valence-corrected chi connectivity index (χ3v) is 7.19. The summed E-state index contributed by atoms with van der Waals surface area (Å²) in [6.45, 7) is 14.3. The van der Waals surface area contributed by atoms with Crippen LogP contribution in [0.15, 0.2) is 30.5 Å². The average molecular weight is 514 g/mol. The number of carbonyl (C=O) groups is 2. The number of anilines is 1. The van der Waals surface area contributed by atoms with Gasteiger partial charge in [-0.15, -0.1) is 0 Å². The second kappa shape index (κ2) is 9.36. The summed E-state index contributed by atoms with van der Waals surface area (Å²) in [6.07, 6.45) is 1.89. The molecule has 1 aromatic heterocycles. The van der Waals surface area contributed by atoms with Crippen molar-refractivity contribution in [1.82, 2.24) is 9.88 Å². The van der Waals surface area contributed by atoms with Crippen LogP contribution in [0.4, 0.5) is 10.5 Å². The van der Waals surface area contributed by atoms with E-state index in [0.29, 0.717) is 35.7 Å². The van der Waals surface area contributed by atoms with Gasteiger partial charge in [0.2, 0.25) is 0 Å². The summed E-state index contributed by atoms with van der Waals surface area (Å²) >= 11 is 6.67. The SMILES string of the molecule is CC(C)(C)OC(=O)N1CCc2cc(C(=O)Nc3cccc(B4OC(C)(C)C(C)(C)O4)c3Cl)ncc2C1. The second-order valence-electron chi connectivity index (χ2n) is 11.2. The van der Waals surface area contributed by atoms with E-state index < -0.39 is 23.9 Å². The summed E-state index contributed by atoms with van der Waals surface area (Å²) < 4.78 is 17.7. The van der Waals surface area contributed by atoms with Gasteiger partial charge in [0.1, 0.15) is 11.3 Å². The van der Waals surface area contributed by atoms with E-state index in [1.807, 2.05) is 54.5 Å². The van der Waals surface area contributed by atoms with Gasteiger partial charge in [-0.2, -0.15) is 0 Å². The van der Waals surface area contributed by atoms with Gasteiger partial charge in [0, 0.05) is 18.2 Å². The van der Waals surface area contributed by atoms with Crippen LogP contribution in [-0.4, -0.2) is 52.4 Å². The molecule has 2 aliphatic rings. The minimum Gasteiger partial charge on any atom is -0.444 e. The number of carbonyl (C=O) groups excluding carboxylic acids is 2. The van der Waals surface area contributed by atoms with Gasteiger partial charge in [-0.3, -0.25) is 9.78 Å². The summed E-state index contributed by atoms with van der Waals surface area (Å²) in [5.74, 6) is -0.375. The van der Waals surface area contributed by atoms with Crippen molar-refractivity contribution >= 4 is 41.9 Å². The van der Waals surface area contributed by atoms with Crippen molar-refractivity contribution in [2.24, 2.45) is 0 Å². The molecule has 0 spiro atoms. The number of nitrogens with one attached hydrogen (secondary N) is 1. The van der Waals surface area contributed by atoms with E-state index in [1.165, 1.54) is 0 Å². The first-order valence-electron chi connectivity index (χ1n) is 12.1. The lowest BCUT2D eigenvalue weighted by atomic mass is 9.79. The van der Waals surface area contributed by atoms with Crippen molar-refractivity contribution in [1.29, 1.82) is 0 Å². The van der Waals surface area contributed by atoms with Gasteiger partial charge >= 0.3 is 13.2 Å². The van der Waals surface area contributed by atoms with Crippen LogP contribution in [0, 0.1) is 0 Å². The zero-order valence-corrected chi connectivity index (χ0v) is 22.7. The van der Waals surface area contributed by atoms with Crippen molar-refractivity contribution < 1.29 is 23.6 Å². The molecular weight excluding hydrogens is 481 g/mol. The second-order valence-corrected chi connectivity index (χ2v) is 11.6. The minimum absolute atomic E-state index is 0.275. The van der Waals surface area contributed by atoms with Crippen molar-refractivity contribution in [3.8, 4) is 0 Å². The molecular formula is C26H33BClN3O5. The zero-order valence-electron chi connectivity index (χ0n) is 21.9. The monoisotopic (exact) mass is 513 g/mol. The summed E-state index contributed by atoms with van der Waals surface area (Å²) in [4.78, 5) is 31.4. The molecule has 4 rings (SSSR count). The highest BCUT2D eigenvalue weighted by Gasteiger charge is 2.52. The third kappa shape index (κ3) is 5.38. The van der Waals surface area contributed by atoms with Gasteiger partial charge in [-0.1, -0.05) is 23.7 Å². The van der Waals surface area contributed by atoms with Crippen LogP contribution in [0.2, 0.25) is 5.02 Å². The molecule has 1 N–H and O–H groups in total. The lowest BCUT2D eigenvalue weighted by molar-refractivity contribution is 0.00578. The van der Waals surface area contributed by atoms with Gasteiger partial charge in [-0.25, -0.2) is 4.79 Å². The molecule has 36 heavy (non-hydrogen) atoms. The van der Waals surface area contributed by atoms with E-state index in [1.54, 1.807) is 29.3 Å². The first kappa shape index (κ1) is 26.4. The lowest BCUT2D eigenvalue weighted by Crippen LogP contribution is -2.41. The van der Waals surface area contributed by atoms with Crippen molar-refractivity contribution in [3.05, 3.63) is 52.3 Å². The predicted molar refractivity (Wildman–Crippen MR) is 140 cm³/mol. The molecule has 1 aromatic carbocycles.